The Labute approximate surface area is 243 Å². The fraction of sp³-hybridized carbons (Fsp3) is 0.684. The minimum absolute atomic E-state index is 0.962. The molecule has 2 rings (SSSR count). The molecule has 2 aromatic carbocycles. The van der Waals surface area contributed by atoms with E-state index in [0.29, 0.717) is 0 Å². The number of unbranched alkanes of at least 4 members (excludes halogenated alkanes) is 20. The molecule has 0 unspecified atom stereocenters. The molecule has 0 amide bonds. The predicted molar refractivity (Wildman–Crippen MR) is 173 cm³/mol. The van der Waals surface area contributed by atoms with Gasteiger partial charge in [-0.15, -0.1) is 0 Å². The summed E-state index contributed by atoms with van der Waals surface area (Å²) in [6.07, 6.45) is 33.0. The minimum Gasteiger partial charge on any atom is -0.457 e. The zero-order valence-corrected chi connectivity index (χ0v) is 26.0. The van der Waals surface area contributed by atoms with Crippen molar-refractivity contribution >= 4 is 0 Å². The van der Waals surface area contributed by atoms with Gasteiger partial charge in [-0.1, -0.05) is 173 Å². The summed E-state index contributed by atoms with van der Waals surface area (Å²) < 4.78 is 6.33. The van der Waals surface area contributed by atoms with E-state index in [2.05, 4.69) is 62.4 Å². The first-order valence-electron chi connectivity index (χ1n) is 17.2. The lowest BCUT2D eigenvalue weighted by Crippen LogP contribution is -1.93. The number of rotatable bonds is 26. The predicted octanol–water partition coefficient (Wildman–Crippen LogP) is 13.2. The van der Waals surface area contributed by atoms with E-state index in [9.17, 15) is 0 Å². The van der Waals surface area contributed by atoms with E-state index < -0.39 is 0 Å². The molecule has 0 saturated carbocycles. The van der Waals surface area contributed by atoms with Crippen LogP contribution in [0, 0.1) is 0 Å². The minimum atomic E-state index is 0.962. The molecule has 0 radical (unpaired) electrons. The van der Waals surface area contributed by atoms with Crippen LogP contribution in [0.3, 0.4) is 0 Å². The number of para-hydroxylation sites is 1. The molecule has 0 aromatic heterocycles. The molecule has 39 heavy (non-hydrogen) atoms. The van der Waals surface area contributed by atoms with Gasteiger partial charge in [0.05, 0.1) is 0 Å². The highest BCUT2D eigenvalue weighted by Crippen LogP contribution is 2.27. The smallest absolute Gasteiger partial charge is 0.130 e. The van der Waals surface area contributed by atoms with Crippen LogP contribution in [-0.2, 0) is 12.8 Å². The molecule has 0 heterocycles. The Hall–Kier alpha value is -1.76. The molecule has 0 spiro atoms. The van der Waals surface area contributed by atoms with Crippen molar-refractivity contribution in [2.24, 2.45) is 0 Å². The van der Waals surface area contributed by atoms with Gasteiger partial charge in [0.2, 0.25) is 0 Å². The van der Waals surface area contributed by atoms with Gasteiger partial charge in [-0.2, -0.15) is 0 Å². The second-order valence-electron chi connectivity index (χ2n) is 11.9. The summed E-state index contributed by atoms with van der Waals surface area (Å²) in [4.78, 5) is 0. The topological polar surface area (TPSA) is 9.23 Å². The number of benzene rings is 2. The summed E-state index contributed by atoms with van der Waals surface area (Å²) in [7, 11) is 0. The van der Waals surface area contributed by atoms with E-state index in [4.69, 9.17) is 4.74 Å². The Morgan fingerprint density at radius 1 is 0.410 bits per heavy atom. The standard InChI is InChI=1S/C38H62O/c1-3-5-7-9-11-13-15-17-19-21-23-27-35-31-33-37(34-32-35)39-38-30-26-25-29-36(38)28-24-22-20-18-16-14-12-10-8-6-4-2/h25-26,29-34H,3-24,27-28H2,1-2H3. The van der Waals surface area contributed by atoms with Gasteiger partial charge in [-0.3, -0.25) is 0 Å². The second-order valence-corrected chi connectivity index (χ2v) is 11.9. The zero-order chi connectivity index (χ0) is 27.6. The van der Waals surface area contributed by atoms with Crippen molar-refractivity contribution in [3.05, 3.63) is 59.7 Å². The van der Waals surface area contributed by atoms with Crippen LogP contribution in [0.25, 0.3) is 0 Å². The third kappa shape index (κ3) is 17.5. The summed E-state index contributed by atoms with van der Waals surface area (Å²) in [5.41, 5.74) is 2.78. The van der Waals surface area contributed by atoms with Crippen LogP contribution < -0.4 is 4.74 Å². The average Bonchev–Trinajstić information content (AvgIpc) is 2.96. The fourth-order valence-electron chi connectivity index (χ4n) is 5.63. The summed E-state index contributed by atoms with van der Waals surface area (Å²) in [6, 6.07) is 17.5. The van der Waals surface area contributed by atoms with Crippen LogP contribution in [0.5, 0.6) is 11.5 Å². The molecule has 1 heteroatoms. The molecule has 2 aromatic rings. The summed E-state index contributed by atoms with van der Waals surface area (Å²) >= 11 is 0. The van der Waals surface area contributed by atoms with Gasteiger partial charge >= 0.3 is 0 Å². The third-order valence-electron chi connectivity index (χ3n) is 8.24. The molecule has 0 fully saturated rings. The molecule has 0 atom stereocenters. The number of ether oxygens (including phenoxy) is 1. The van der Waals surface area contributed by atoms with Gasteiger partial charge in [0, 0.05) is 0 Å². The number of hydrogen-bond acceptors (Lipinski definition) is 1. The molecule has 0 N–H and O–H groups in total. The zero-order valence-electron chi connectivity index (χ0n) is 26.0. The SMILES string of the molecule is CCCCCCCCCCCCCc1ccc(Oc2ccccc2CCCCCCCCCCCCC)cc1. The normalized spacial score (nSPS) is 11.2. The van der Waals surface area contributed by atoms with Gasteiger partial charge in [0.15, 0.2) is 0 Å². The van der Waals surface area contributed by atoms with Crippen molar-refractivity contribution < 1.29 is 4.74 Å². The van der Waals surface area contributed by atoms with Crippen LogP contribution in [0.2, 0.25) is 0 Å². The van der Waals surface area contributed by atoms with Gasteiger partial charge in [-0.25, -0.2) is 0 Å². The lowest BCUT2D eigenvalue weighted by atomic mass is 10.0. The van der Waals surface area contributed by atoms with Crippen molar-refractivity contribution in [1.29, 1.82) is 0 Å². The van der Waals surface area contributed by atoms with E-state index >= 15 is 0 Å². The first kappa shape index (κ1) is 33.4. The highest BCUT2D eigenvalue weighted by atomic mass is 16.5. The van der Waals surface area contributed by atoms with Crippen LogP contribution in [0.1, 0.15) is 166 Å². The Bertz CT molecular complexity index is 793. The molecule has 0 aliphatic rings. The van der Waals surface area contributed by atoms with Crippen molar-refractivity contribution in [3.63, 3.8) is 0 Å². The molecular weight excluding hydrogens is 472 g/mol. The van der Waals surface area contributed by atoms with E-state index in [0.717, 1.165) is 17.9 Å². The molecule has 0 aliphatic heterocycles. The monoisotopic (exact) mass is 534 g/mol. The van der Waals surface area contributed by atoms with Crippen molar-refractivity contribution in [2.75, 3.05) is 0 Å². The first-order valence-corrected chi connectivity index (χ1v) is 17.2. The van der Waals surface area contributed by atoms with Crippen molar-refractivity contribution in [1.82, 2.24) is 0 Å². The van der Waals surface area contributed by atoms with E-state index in [-0.39, 0.29) is 0 Å². The van der Waals surface area contributed by atoms with Gasteiger partial charge < -0.3 is 4.74 Å². The van der Waals surface area contributed by atoms with Gasteiger partial charge in [0.25, 0.3) is 0 Å². The van der Waals surface area contributed by atoms with Crippen molar-refractivity contribution in [2.45, 2.75) is 168 Å². The van der Waals surface area contributed by atoms with Crippen molar-refractivity contribution in [3.8, 4) is 11.5 Å². The van der Waals surface area contributed by atoms with E-state index in [1.807, 2.05) is 0 Å². The van der Waals surface area contributed by atoms with Crippen LogP contribution >= 0.6 is 0 Å². The molecule has 220 valence electrons. The molecule has 0 saturated heterocycles. The van der Waals surface area contributed by atoms with E-state index in [1.165, 1.54) is 159 Å². The fourth-order valence-corrected chi connectivity index (χ4v) is 5.63. The van der Waals surface area contributed by atoms with Crippen LogP contribution in [0.4, 0.5) is 0 Å². The Balaban J connectivity index is 1.55. The molecule has 1 nitrogen and oxygen atoms in total. The lowest BCUT2D eigenvalue weighted by molar-refractivity contribution is 0.473. The van der Waals surface area contributed by atoms with Crippen LogP contribution in [0.15, 0.2) is 48.5 Å². The quantitative estimate of drug-likeness (QED) is 0.109. The second kappa shape index (κ2) is 24.1. The first-order chi connectivity index (χ1) is 19.3. The molecular formula is C38H62O. The van der Waals surface area contributed by atoms with E-state index in [1.54, 1.807) is 0 Å². The number of hydrogen-bond donors (Lipinski definition) is 0. The lowest BCUT2D eigenvalue weighted by Gasteiger charge is -2.12. The van der Waals surface area contributed by atoms with Gasteiger partial charge in [0.1, 0.15) is 11.5 Å². The summed E-state index contributed by atoms with van der Waals surface area (Å²) in [5, 5.41) is 0. The maximum Gasteiger partial charge on any atom is 0.130 e. The maximum absolute atomic E-state index is 6.33. The Kier molecular flexibility index (Phi) is 20.6. The third-order valence-corrected chi connectivity index (χ3v) is 8.24. The average molecular weight is 535 g/mol. The number of aryl methyl sites for hydroxylation is 2. The molecule has 0 aliphatic carbocycles. The molecule has 0 bridgehead atoms. The largest absolute Gasteiger partial charge is 0.457 e. The highest BCUT2D eigenvalue weighted by molar-refractivity contribution is 5.38. The van der Waals surface area contributed by atoms with Crippen LogP contribution in [-0.4, -0.2) is 0 Å². The Morgan fingerprint density at radius 2 is 0.821 bits per heavy atom. The summed E-state index contributed by atoms with van der Waals surface area (Å²) in [6.45, 7) is 4.59. The summed E-state index contributed by atoms with van der Waals surface area (Å²) in [5.74, 6) is 1.99. The Morgan fingerprint density at radius 3 is 1.31 bits per heavy atom. The maximum atomic E-state index is 6.33. The van der Waals surface area contributed by atoms with Gasteiger partial charge in [-0.05, 0) is 55.0 Å². The highest BCUT2D eigenvalue weighted by Gasteiger charge is 2.05.